The van der Waals surface area contributed by atoms with Crippen molar-refractivity contribution >= 4 is 227 Å². The third-order valence-corrected chi connectivity index (χ3v) is 22.6. The van der Waals surface area contributed by atoms with Crippen molar-refractivity contribution in [1.82, 2.24) is 0 Å². The van der Waals surface area contributed by atoms with Crippen LogP contribution in [-0.4, -0.2) is 0 Å². The molecule has 0 unspecified atom stereocenters. The van der Waals surface area contributed by atoms with Crippen LogP contribution in [0.4, 0.5) is 0 Å². The van der Waals surface area contributed by atoms with E-state index in [4.69, 9.17) is 0 Å². The zero-order chi connectivity index (χ0) is 20.5. The normalized spacial score (nSPS) is 11.8. The van der Waals surface area contributed by atoms with Gasteiger partial charge in [0.05, 0.1) is 17.9 Å². The van der Waals surface area contributed by atoms with Crippen LogP contribution in [-0.2, 0) is 0 Å². The van der Waals surface area contributed by atoms with Crippen molar-refractivity contribution in [2.75, 3.05) is 0 Å². The van der Waals surface area contributed by atoms with Gasteiger partial charge in [0.2, 0.25) is 9.40 Å². The van der Waals surface area contributed by atoms with Crippen LogP contribution in [0.3, 0.4) is 0 Å². The van der Waals surface area contributed by atoms with Crippen molar-refractivity contribution in [3.05, 3.63) is 57.3 Å². The molecule has 0 saturated heterocycles. The summed E-state index contributed by atoms with van der Waals surface area (Å²) in [7, 11) is -0.0913. The molecule has 28 heavy (non-hydrogen) atoms. The van der Waals surface area contributed by atoms with E-state index in [0.717, 1.165) is 4.47 Å². The molecule has 0 radical (unpaired) electrons. The molecule has 4 aromatic rings. The van der Waals surface area contributed by atoms with Crippen LogP contribution in [0.1, 0.15) is 0 Å². The molecule has 0 aliphatic heterocycles. The first-order valence-electron chi connectivity index (χ1n) is 7.38. The van der Waals surface area contributed by atoms with E-state index in [0.29, 0.717) is 0 Å². The van der Waals surface area contributed by atoms with Crippen molar-refractivity contribution in [1.29, 1.82) is 0 Å². The van der Waals surface area contributed by atoms with E-state index in [1.54, 1.807) is 0 Å². The van der Waals surface area contributed by atoms with E-state index < -0.39 is 0 Å². The SMILES string of the molecule is Brc1ccc(-[s+]2c3c(I)c(I)c(I)c(I)c3c3c(I)c(I)c(I)c(I)c32)cc1. The highest BCUT2D eigenvalue weighted by Gasteiger charge is 2.35. The molecule has 0 amide bonds. The Morgan fingerprint density at radius 1 is 0.500 bits per heavy atom. The third-order valence-electron chi connectivity index (χ3n) is 4.16. The van der Waals surface area contributed by atoms with Crippen LogP contribution in [0.2, 0.25) is 0 Å². The lowest BCUT2D eigenvalue weighted by Gasteiger charge is -2.06. The van der Waals surface area contributed by atoms with Gasteiger partial charge in [0.25, 0.3) is 0 Å². The highest BCUT2D eigenvalue weighted by Crippen LogP contribution is 2.56. The Morgan fingerprint density at radius 2 is 0.857 bits per heavy atom. The Hall–Kier alpha value is 4.20. The molecule has 1 heterocycles. The minimum absolute atomic E-state index is 0.0913. The molecule has 0 N–H and O–H groups in total. The smallest absolute Gasteiger partial charge is 0.0508 e. The second kappa shape index (κ2) is 10.1. The number of benzene rings is 3. The topological polar surface area (TPSA) is 0 Å². The fourth-order valence-electron chi connectivity index (χ4n) is 2.96. The average molecular weight is 1350 g/mol. The van der Waals surface area contributed by atoms with Gasteiger partial charge in [-0.2, -0.15) is 0 Å². The van der Waals surface area contributed by atoms with Crippen LogP contribution < -0.4 is 0 Å². The van der Waals surface area contributed by atoms with Crippen molar-refractivity contribution in [2.24, 2.45) is 0 Å². The van der Waals surface area contributed by atoms with Crippen molar-refractivity contribution < 1.29 is 0 Å². The minimum Gasteiger partial charge on any atom is -0.0508 e. The molecule has 0 fully saturated rings. The predicted octanol–water partition coefficient (Wildman–Crippen LogP) is 11.3. The van der Waals surface area contributed by atoms with Gasteiger partial charge in [-0.05, 0) is 205 Å². The highest BCUT2D eigenvalue weighted by molar-refractivity contribution is 14.1. The summed E-state index contributed by atoms with van der Waals surface area (Å²) in [6.07, 6.45) is 0. The molecule has 0 atom stereocenters. The van der Waals surface area contributed by atoms with Crippen LogP contribution in [0.25, 0.3) is 25.1 Å². The monoisotopic (exact) mass is 1350 g/mol. The molecule has 0 bridgehead atoms. The number of thiophene rings is 1. The van der Waals surface area contributed by atoms with Crippen LogP contribution in [0.15, 0.2) is 28.7 Å². The molecule has 3 aromatic carbocycles. The molecule has 0 saturated carbocycles. The predicted molar refractivity (Wildman–Crippen MR) is 195 cm³/mol. The van der Waals surface area contributed by atoms with E-state index >= 15 is 0 Å². The summed E-state index contributed by atoms with van der Waals surface area (Å²) in [5.41, 5.74) is 0. The van der Waals surface area contributed by atoms with Gasteiger partial charge >= 0.3 is 0 Å². The Bertz CT molecular complexity index is 1220. The van der Waals surface area contributed by atoms with E-state index in [2.05, 4.69) is 221 Å². The lowest BCUT2D eigenvalue weighted by molar-refractivity contribution is 1.56. The molecule has 144 valence electrons. The molecule has 0 nitrogen and oxygen atoms in total. The number of halogens is 9. The fourth-order valence-corrected chi connectivity index (χ4v) is 14.7. The number of hydrogen-bond donors (Lipinski definition) is 0. The van der Waals surface area contributed by atoms with Crippen LogP contribution >= 0.6 is 207 Å². The van der Waals surface area contributed by atoms with Gasteiger partial charge in [0.15, 0.2) is 4.90 Å². The van der Waals surface area contributed by atoms with Gasteiger partial charge in [-0.25, -0.2) is 0 Å². The van der Waals surface area contributed by atoms with Gasteiger partial charge in [-0.1, -0.05) is 15.9 Å². The molecule has 4 rings (SSSR count). The Labute approximate surface area is 282 Å². The molecule has 1 aromatic heterocycles. The molecular weight excluding hydrogens is 1340 g/mol. The minimum atomic E-state index is -0.0913. The van der Waals surface area contributed by atoms with E-state index in [9.17, 15) is 0 Å². The van der Waals surface area contributed by atoms with Gasteiger partial charge in [-0.15, -0.1) is 0 Å². The summed E-state index contributed by atoms with van der Waals surface area (Å²) < 4.78 is 15.2. The zero-order valence-electron chi connectivity index (χ0n) is 13.1. The van der Waals surface area contributed by atoms with Crippen molar-refractivity contribution in [3.8, 4) is 4.90 Å². The number of fused-ring (bicyclic) bond motifs is 3. The summed E-state index contributed by atoms with van der Waals surface area (Å²) in [5, 5.41) is 2.90. The molecule has 0 spiro atoms. The average Bonchev–Trinajstić information content (AvgIpc) is 3.04. The molecule has 10 heteroatoms. The maximum Gasteiger partial charge on any atom is 0.203 e. The standard InChI is InChI=1S/C18H4BrI8S/c19-5-1-3-6(4-2-5)28-17-7(9(20)11(22)13(24)15(17)26)8-10(21)12(23)14(25)16(27)18(8)28/h1-4H/q+1. The van der Waals surface area contributed by atoms with Crippen molar-refractivity contribution in [2.45, 2.75) is 0 Å². The summed E-state index contributed by atoms with van der Waals surface area (Å²) in [4.78, 5) is 1.39. The molecule has 0 aliphatic rings. The second-order valence-electron chi connectivity index (χ2n) is 5.68. The lowest BCUT2D eigenvalue weighted by atomic mass is 10.1. The second-order valence-corrected chi connectivity index (χ2v) is 17.1. The summed E-state index contributed by atoms with van der Waals surface area (Å²) in [6.45, 7) is 0. The summed E-state index contributed by atoms with van der Waals surface area (Å²) in [5.74, 6) is 0. The lowest BCUT2D eigenvalue weighted by Crippen LogP contribution is -1.94. The Morgan fingerprint density at radius 3 is 1.25 bits per heavy atom. The third kappa shape index (κ3) is 4.21. The first kappa shape index (κ1) is 25.3. The molecule has 0 aliphatic carbocycles. The van der Waals surface area contributed by atoms with Gasteiger partial charge in [0.1, 0.15) is 0 Å². The maximum absolute atomic E-state index is 3.61. The van der Waals surface area contributed by atoms with Gasteiger partial charge < -0.3 is 0 Å². The quantitative estimate of drug-likeness (QED) is 0.0771. The molecular formula is C18H4BrI8S+. The van der Waals surface area contributed by atoms with Crippen molar-refractivity contribution in [3.63, 3.8) is 0 Å². The number of hydrogen-bond acceptors (Lipinski definition) is 0. The van der Waals surface area contributed by atoms with Crippen LogP contribution in [0, 0.1) is 28.6 Å². The fraction of sp³-hybridized carbons (Fsp3) is 0. The highest BCUT2D eigenvalue weighted by atomic mass is 127. The Balaban J connectivity index is 2.41. The van der Waals surface area contributed by atoms with Gasteiger partial charge in [-0.3, -0.25) is 0 Å². The first-order chi connectivity index (χ1) is 13.2. The van der Waals surface area contributed by atoms with Crippen LogP contribution in [0.5, 0.6) is 0 Å². The summed E-state index contributed by atoms with van der Waals surface area (Å²) >= 11 is 24.0. The maximum atomic E-state index is 3.61. The first-order valence-corrected chi connectivity index (χ1v) is 18.0. The van der Waals surface area contributed by atoms with E-state index in [1.807, 2.05) is 0 Å². The summed E-state index contributed by atoms with van der Waals surface area (Å²) in [6, 6.07) is 8.91. The Kier molecular flexibility index (Phi) is 9.08. The van der Waals surface area contributed by atoms with E-state index in [-0.39, 0.29) is 10.5 Å². The number of rotatable bonds is 1. The zero-order valence-corrected chi connectivity index (χ0v) is 32.8. The van der Waals surface area contributed by atoms with E-state index in [1.165, 1.54) is 53.6 Å². The van der Waals surface area contributed by atoms with Gasteiger partial charge in [0, 0.05) is 36.4 Å². The largest absolute Gasteiger partial charge is 0.203 e.